The molecule has 0 heterocycles. The van der Waals surface area contributed by atoms with E-state index in [-0.39, 0.29) is 17.7 Å². The highest BCUT2D eigenvalue weighted by Gasteiger charge is 2.33. The Hall–Kier alpha value is -2.04. The minimum absolute atomic E-state index is 0.114. The summed E-state index contributed by atoms with van der Waals surface area (Å²) in [5.41, 5.74) is 0.799. The van der Waals surface area contributed by atoms with Crippen molar-refractivity contribution in [3.8, 4) is 5.75 Å². The van der Waals surface area contributed by atoms with Gasteiger partial charge in [0.05, 0.1) is 6.61 Å². The van der Waals surface area contributed by atoms with E-state index in [0.717, 1.165) is 37.0 Å². The van der Waals surface area contributed by atoms with Gasteiger partial charge in [0.15, 0.2) is 0 Å². The fourth-order valence-corrected chi connectivity index (χ4v) is 3.25. The van der Waals surface area contributed by atoms with Crippen LogP contribution in [0.5, 0.6) is 5.75 Å². The number of ether oxygens (including phenoxy) is 1. The van der Waals surface area contributed by atoms with Gasteiger partial charge in [0.1, 0.15) is 5.75 Å². The van der Waals surface area contributed by atoms with E-state index in [1.807, 2.05) is 24.3 Å². The van der Waals surface area contributed by atoms with Crippen molar-refractivity contribution >= 4 is 11.9 Å². The molecule has 138 valence electrons. The number of benzene rings is 1. The Morgan fingerprint density at radius 3 is 2.36 bits per heavy atom. The van der Waals surface area contributed by atoms with Crippen LogP contribution in [-0.4, -0.2) is 23.6 Å². The number of nitrogens with one attached hydrogen (secondary N) is 1. The van der Waals surface area contributed by atoms with E-state index in [9.17, 15) is 9.59 Å². The first-order valence-electron chi connectivity index (χ1n) is 9.21. The Bertz CT molecular complexity index is 560. The van der Waals surface area contributed by atoms with E-state index in [1.54, 1.807) is 0 Å². The summed E-state index contributed by atoms with van der Waals surface area (Å²) in [6.07, 6.45) is 7.29. The molecule has 0 unspecified atom stereocenters. The maximum atomic E-state index is 12.6. The number of rotatable bonds is 8. The van der Waals surface area contributed by atoms with Crippen molar-refractivity contribution < 1.29 is 19.4 Å². The molecule has 1 saturated carbocycles. The number of carbonyl (C=O) groups is 2. The maximum absolute atomic E-state index is 12.6. The SMILES string of the molecule is CC1(C(=O)NCc2ccc(OCCCC(=O)O)cc2)CCCCCC1. The predicted molar refractivity (Wildman–Crippen MR) is 96.5 cm³/mol. The lowest BCUT2D eigenvalue weighted by Gasteiger charge is -2.26. The molecule has 2 N–H and O–H groups in total. The zero-order chi connectivity index (χ0) is 18.1. The number of carboxylic acid groups (broad SMARTS) is 1. The van der Waals surface area contributed by atoms with Crippen molar-refractivity contribution in [2.75, 3.05) is 6.61 Å². The Morgan fingerprint density at radius 1 is 1.12 bits per heavy atom. The Morgan fingerprint density at radius 2 is 1.76 bits per heavy atom. The minimum Gasteiger partial charge on any atom is -0.494 e. The van der Waals surface area contributed by atoms with Crippen LogP contribution in [0.1, 0.15) is 63.9 Å². The molecule has 1 amide bonds. The second-order valence-electron chi connectivity index (χ2n) is 7.15. The lowest BCUT2D eigenvalue weighted by molar-refractivity contribution is -0.137. The Labute approximate surface area is 149 Å². The first-order chi connectivity index (χ1) is 12.0. The van der Waals surface area contributed by atoms with Crippen LogP contribution in [0.3, 0.4) is 0 Å². The number of carboxylic acids is 1. The van der Waals surface area contributed by atoms with Crippen LogP contribution >= 0.6 is 0 Å². The summed E-state index contributed by atoms with van der Waals surface area (Å²) < 4.78 is 5.51. The van der Waals surface area contributed by atoms with Gasteiger partial charge in [0.2, 0.25) is 5.91 Å². The predicted octanol–water partition coefficient (Wildman–Crippen LogP) is 3.91. The summed E-state index contributed by atoms with van der Waals surface area (Å²) >= 11 is 0. The molecule has 2 rings (SSSR count). The van der Waals surface area contributed by atoms with Crippen LogP contribution in [0.25, 0.3) is 0 Å². The third-order valence-corrected chi connectivity index (χ3v) is 4.94. The Balaban J connectivity index is 1.76. The van der Waals surface area contributed by atoms with Crippen LogP contribution in [0, 0.1) is 5.41 Å². The molecule has 5 nitrogen and oxygen atoms in total. The van der Waals surface area contributed by atoms with Gasteiger partial charge in [-0.3, -0.25) is 9.59 Å². The van der Waals surface area contributed by atoms with Crippen molar-refractivity contribution in [1.82, 2.24) is 5.32 Å². The summed E-state index contributed by atoms with van der Waals surface area (Å²) in [6, 6.07) is 7.58. The lowest BCUT2D eigenvalue weighted by atomic mass is 9.81. The van der Waals surface area contributed by atoms with Crippen molar-refractivity contribution in [2.45, 2.75) is 64.8 Å². The molecule has 1 aromatic carbocycles. The van der Waals surface area contributed by atoms with Crippen molar-refractivity contribution in [2.24, 2.45) is 5.41 Å². The first kappa shape index (κ1) is 19.3. The van der Waals surface area contributed by atoms with Gasteiger partial charge in [0.25, 0.3) is 0 Å². The van der Waals surface area contributed by atoms with E-state index in [0.29, 0.717) is 19.6 Å². The van der Waals surface area contributed by atoms with Crippen LogP contribution in [0.4, 0.5) is 0 Å². The number of hydrogen-bond acceptors (Lipinski definition) is 3. The highest BCUT2D eigenvalue weighted by Crippen LogP contribution is 2.34. The molecule has 1 fully saturated rings. The second kappa shape index (κ2) is 9.44. The maximum Gasteiger partial charge on any atom is 0.303 e. The summed E-state index contributed by atoms with van der Waals surface area (Å²) in [5.74, 6) is 0.0663. The smallest absolute Gasteiger partial charge is 0.303 e. The fourth-order valence-electron chi connectivity index (χ4n) is 3.25. The molecule has 0 radical (unpaired) electrons. The molecule has 0 spiro atoms. The van der Waals surface area contributed by atoms with Gasteiger partial charge in [-0.25, -0.2) is 0 Å². The highest BCUT2D eigenvalue weighted by atomic mass is 16.5. The van der Waals surface area contributed by atoms with Gasteiger partial charge in [0, 0.05) is 18.4 Å². The zero-order valence-electron chi connectivity index (χ0n) is 15.1. The lowest BCUT2D eigenvalue weighted by Crippen LogP contribution is -2.38. The molecule has 25 heavy (non-hydrogen) atoms. The molecule has 1 aliphatic carbocycles. The average Bonchev–Trinajstić information content (AvgIpc) is 2.83. The Kier molecular flexibility index (Phi) is 7.29. The number of carbonyl (C=O) groups excluding carboxylic acids is 1. The molecule has 1 aliphatic rings. The van der Waals surface area contributed by atoms with E-state index in [4.69, 9.17) is 9.84 Å². The second-order valence-corrected chi connectivity index (χ2v) is 7.15. The summed E-state index contributed by atoms with van der Waals surface area (Å²) in [4.78, 5) is 23.0. The average molecular weight is 347 g/mol. The van der Waals surface area contributed by atoms with E-state index in [1.165, 1.54) is 12.8 Å². The van der Waals surface area contributed by atoms with E-state index >= 15 is 0 Å². The standard InChI is InChI=1S/C20H29NO4/c1-20(12-4-2-3-5-13-20)19(24)21-15-16-8-10-17(11-9-16)25-14-6-7-18(22)23/h8-11H,2-7,12-15H2,1H3,(H,21,24)(H,22,23). The molecule has 0 bridgehead atoms. The van der Waals surface area contributed by atoms with Gasteiger partial charge >= 0.3 is 5.97 Å². The van der Waals surface area contributed by atoms with Crippen LogP contribution in [0.15, 0.2) is 24.3 Å². The minimum atomic E-state index is -0.808. The fraction of sp³-hybridized carbons (Fsp3) is 0.600. The highest BCUT2D eigenvalue weighted by molar-refractivity contribution is 5.82. The third kappa shape index (κ3) is 6.40. The largest absolute Gasteiger partial charge is 0.494 e. The van der Waals surface area contributed by atoms with Gasteiger partial charge in [-0.05, 0) is 37.0 Å². The molecule has 0 aromatic heterocycles. The number of aliphatic carboxylic acids is 1. The van der Waals surface area contributed by atoms with Crippen molar-refractivity contribution in [3.05, 3.63) is 29.8 Å². The summed E-state index contributed by atoms with van der Waals surface area (Å²) in [6.45, 7) is 3.00. The molecule has 1 aromatic rings. The van der Waals surface area contributed by atoms with Crippen molar-refractivity contribution in [1.29, 1.82) is 0 Å². The third-order valence-electron chi connectivity index (χ3n) is 4.94. The van der Waals surface area contributed by atoms with Gasteiger partial charge in [-0.1, -0.05) is 44.7 Å². The zero-order valence-corrected chi connectivity index (χ0v) is 15.1. The molecule has 0 atom stereocenters. The first-order valence-corrected chi connectivity index (χ1v) is 9.21. The number of amides is 1. The monoisotopic (exact) mass is 347 g/mol. The summed E-state index contributed by atoms with van der Waals surface area (Å²) in [7, 11) is 0. The molecular formula is C20H29NO4. The van der Waals surface area contributed by atoms with Crippen LogP contribution in [-0.2, 0) is 16.1 Å². The van der Waals surface area contributed by atoms with Crippen LogP contribution < -0.4 is 10.1 Å². The molecule has 5 heteroatoms. The molecule has 0 saturated heterocycles. The van der Waals surface area contributed by atoms with E-state index in [2.05, 4.69) is 12.2 Å². The van der Waals surface area contributed by atoms with Crippen LogP contribution in [0.2, 0.25) is 0 Å². The molecular weight excluding hydrogens is 318 g/mol. The van der Waals surface area contributed by atoms with Gasteiger partial charge in [-0.2, -0.15) is 0 Å². The van der Waals surface area contributed by atoms with Gasteiger partial charge in [-0.15, -0.1) is 0 Å². The number of hydrogen-bond donors (Lipinski definition) is 2. The molecule has 0 aliphatic heterocycles. The summed E-state index contributed by atoms with van der Waals surface area (Å²) in [5, 5.41) is 11.7. The normalized spacial score (nSPS) is 16.7. The van der Waals surface area contributed by atoms with Gasteiger partial charge < -0.3 is 15.2 Å². The topological polar surface area (TPSA) is 75.6 Å². The van der Waals surface area contributed by atoms with Crippen molar-refractivity contribution in [3.63, 3.8) is 0 Å². The van der Waals surface area contributed by atoms with E-state index < -0.39 is 5.97 Å². The quantitative estimate of drug-likeness (QED) is 0.552.